The van der Waals surface area contributed by atoms with Crippen LogP contribution in [0, 0.1) is 0 Å². The van der Waals surface area contributed by atoms with Gasteiger partial charge in [0.2, 0.25) is 13.8 Å². The van der Waals surface area contributed by atoms with Crippen molar-refractivity contribution in [2.75, 3.05) is 0 Å². The highest BCUT2D eigenvalue weighted by Gasteiger charge is 2.55. The van der Waals surface area contributed by atoms with E-state index >= 15 is 0 Å². The predicted octanol–water partition coefficient (Wildman–Crippen LogP) is 2.62. The molecule has 0 radical (unpaired) electrons. The Morgan fingerprint density at radius 3 is 2.12 bits per heavy atom. The predicted molar refractivity (Wildman–Crippen MR) is 67.8 cm³/mol. The molecule has 0 aromatic heterocycles. The van der Waals surface area contributed by atoms with Crippen molar-refractivity contribution in [1.29, 1.82) is 0 Å². The minimum Gasteiger partial charge on any atom is -0.440 e. The first kappa shape index (κ1) is 16.2. The summed E-state index contributed by atoms with van der Waals surface area (Å²) in [6.07, 6.45) is -2.99. The fourth-order valence-electron chi connectivity index (χ4n) is 1.34. The molecule has 1 N–H and O–H groups in total. The zero-order valence-electron chi connectivity index (χ0n) is 8.21. The zero-order valence-corrected chi connectivity index (χ0v) is 12.7. The van der Waals surface area contributed by atoms with Crippen LogP contribution in [0.1, 0.15) is 6.92 Å². The van der Waals surface area contributed by atoms with Crippen molar-refractivity contribution >= 4 is 75.6 Å². The minimum atomic E-state index is -2.07. The van der Waals surface area contributed by atoms with Crippen LogP contribution >= 0.6 is 69.6 Å². The molecule has 0 aromatic rings. The second kappa shape index (κ2) is 5.25. The van der Waals surface area contributed by atoms with Crippen LogP contribution in [0.4, 0.5) is 0 Å². The molecule has 1 fully saturated rings. The Morgan fingerprint density at radius 1 is 1.29 bits per heavy atom. The Labute approximate surface area is 128 Å². The minimum absolute atomic E-state index is 0.686. The summed E-state index contributed by atoms with van der Waals surface area (Å²) in [5.41, 5.74) is 0. The number of hydrogen-bond acceptors (Lipinski definition) is 4. The molecule has 0 unspecified atom stereocenters. The first-order valence-electron chi connectivity index (χ1n) is 4.25. The maximum absolute atomic E-state index is 11.4. The monoisotopic (exact) mass is 363 g/mol. The summed E-state index contributed by atoms with van der Waals surface area (Å²) in [7, 11) is 0. The van der Waals surface area contributed by atoms with E-state index in [1.807, 2.05) is 0 Å². The molecule has 4 nitrogen and oxygen atoms in total. The summed E-state index contributed by atoms with van der Waals surface area (Å²) in [6.45, 7) is 1.43. The van der Waals surface area contributed by atoms with Gasteiger partial charge in [-0.05, 0) is 6.92 Å². The number of cyclic esters (lactones) is 1. The number of carbonyl (C=O) groups is 1. The van der Waals surface area contributed by atoms with Crippen molar-refractivity contribution in [2.24, 2.45) is 0 Å². The van der Waals surface area contributed by atoms with Gasteiger partial charge in [0.05, 0.1) is 0 Å². The topological polar surface area (TPSA) is 49.8 Å². The van der Waals surface area contributed by atoms with Crippen molar-refractivity contribution in [3.63, 3.8) is 0 Å². The summed E-state index contributed by atoms with van der Waals surface area (Å²) in [4.78, 5) is 12.4. The SMILES string of the molecule is C[C@H]1C(=O)O[C@H](C(Cl)(Cl)Cl)N1[C@@H](O)C(Cl)(Cl)Cl. The first-order chi connectivity index (χ1) is 7.46. The van der Waals surface area contributed by atoms with Gasteiger partial charge < -0.3 is 9.84 Å². The van der Waals surface area contributed by atoms with Gasteiger partial charge in [-0.15, -0.1) is 0 Å². The van der Waals surface area contributed by atoms with E-state index in [4.69, 9.17) is 74.3 Å². The van der Waals surface area contributed by atoms with Gasteiger partial charge in [0.1, 0.15) is 6.04 Å². The highest BCUT2D eigenvalue weighted by Crippen LogP contribution is 2.43. The number of carbonyl (C=O) groups excluding carboxylic acids is 1. The zero-order chi connectivity index (χ0) is 13.6. The standard InChI is InChI=1S/C7H7Cl6NO3/c1-2-3(15)17-5(7(11,12)13)14(2)4(16)6(8,9)10/h2,4-5,16H,1H3/t2-,4-,5+/m0/s1. The number of alkyl halides is 6. The lowest BCUT2D eigenvalue weighted by atomic mass is 10.3. The number of aliphatic hydroxyl groups excluding tert-OH is 1. The number of ether oxygens (including phenoxy) is 1. The van der Waals surface area contributed by atoms with E-state index in [9.17, 15) is 9.90 Å². The third-order valence-corrected chi connectivity index (χ3v) is 3.29. The molecule has 0 aliphatic carbocycles. The molecule has 1 saturated heterocycles. The van der Waals surface area contributed by atoms with Gasteiger partial charge in [0.25, 0.3) is 0 Å². The van der Waals surface area contributed by atoms with Gasteiger partial charge in [-0.25, -0.2) is 4.90 Å². The van der Waals surface area contributed by atoms with Gasteiger partial charge >= 0.3 is 5.97 Å². The molecule has 100 valence electrons. The van der Waals surface area contributed by atoms with Crippen LogP contribution in [0.25, 0.3) is 0 Å². The molecular formula is C7H7Cl6NO3. The van der Waals surface area contributed by atoms with Gasteiger partial charge in [0, 0.05) is 0 Å². The second-order valence-electron chi connectivity index (χ2n) is 3.37. The molecule has 1 heterocycles. The Hall–Kier alpha value is 1.13. The molecule has 0 bridgehead atoms. The Morgan fingerprint density at radius 2 is 1.76 bits per heavy atom. The summed E-state index contributed by atoms with van der Waals surface area (Å²) < 4.78 is 0.774. The molecule has 0 aromatic carbocycles. The molecule has 3 atom stereocenters. The van der Waals surface area contributed by atoms with Gasteiger partial charge in [0.15, 0.2) is 6.23 Å². The largest absolute Gasteiger partial charge is 0.440 e. The average Bonchev–Trinajstić information content (AvgIpc) is 2.40. The van der Waals surface area contributed by atoms with Crippen LogP contribution in [0.15, 0.2) is 0 Å². The van der Waals surface area contributed by atoms with E-state index in [0.717, 1.165) is 4.90 Å². The van der Waals surface area contributed by atoms with E-state index in [0.29, 0.717) is 0 Å². The Balaban J connectivity index is 3.04. The fraction of sp³-hybridized carbons (Fsp3) is 0.857. The van der Waals surface area contributed by atoms with E-state index in [-0.39, 0.29) is 0 Å². The Kier molecular flexibility index (Phi) is 5.00. The average molecular weight is 366 g/mol. The molecule has 10 heteroatoms. The molecule has 1 aliphatic heterocycles. The second-order valence-corrected chi connectivity index (χ2v) is 8.11. The lowest BCUT2D eigenvalue weighted by Crippen LogP contribution is -2.54. The number of hydrogen-bond donors (Lipinski definition) is 1. The van der Waals surface area contributed by atoms with Gasteiger partial charge in [-0.3, -0.25) is 4.79 Å². The smallest absolute Gasteiger partial charge is 0.325 e. The molecular weight excluding hydrogens is 359 g/mol. The van der Waals surface area contributed by atoms with Gasteiger partial charge in [-0.1, -0.05) is 69.6 Å². The summed E-state index contributed by atoms with van der Waals surface area (Å²) in [5, 5.41) is 9.83. The molecule has 1 rings (SSSR count). The van der Waals surface area contributed by atoms with Gasteiger partial charge in [-0.2, -0.15) is 0 Å². The fourth-order valence-corrected chi connectivity index (χ4v) is 2.15. The quantitative estimate of drug-likeness (QED) is 0.573. The lowest BCUT2D eigenvalue weighted by molar-refractivity contribution is -0.142. The maximum Gasteiger partial charge on any atom is 0.325 e. The lowest BCUT2D eigenvalue weighted by Gasteiger charge is -2.35. The maximum atomic E-state index is 11.4. The van der Waals surface area contributed by atoms with Crippen LogP contribution < -0.4 is 0 Å². The molecule has 0 spiro atoms. The summed E-state index contributed by atoms with van der Waals surface area (Å²) >= 11 is 33.5. The first-order valence-corrected chi connectivity index (χ1v) is 6.52. The van der Waals surface area contributed by atoms with Crippen LogP contribution in [0.5, 0.6) is 0 Å². The molecule has 1 aliphatic rings. The number of rotatable bonds is 1. The van der Waals surface area contributed by atoms with Crippen LogP contribution in [-0.2, 0) is 9.53 Å². The van der Waals surface area contributed by atoms with Crippen molar-refractivity contribution in [2.45, 2.75) is 33.0 Å². The number of aliphatic hydroxyl groups is 1. The highest BCUT2D eigenvalue weighted by molar-refractivity contribution is 6.68. The number of esters is 1. The van der Waals surface area contributed by atoms with Crippen molar-refractivity contribution in [3.8, 4) is 0 Å². The molecule has 0 saturated carbocycles. The normalized spacial score (nSPS) is 29.3. The summed E-state index contributed by atoms with van der Waals surface area (Å²) in [5.74, 6) is -0.686. The van der Waals surface area contributed by atoms with Crippen LogP contribution in [-0.4, -0.2) is 42.1 Å². The highest BCUT2D eigenvalue weighted by atomic mass is 35.6. The van der Waals surface area contributed by atoms with E-state index in [2.05, 4.69) is 0 Å². The Bertz CT molecular complexity index is 314. The molecule has 17 heavy (non-hydrogen) atoms. The van der Waals surface area contributed by atoms with Crippen molar-refractivity contribution < 1.29 is 14.6 Å². The van der Waals surface area contributed by atoms with E-state index in [1.165, 1.54) is 6.92 Å². The molecule has 0 amide bonds. The number of halogens is 6. The van der Waals surface area contributed by atoms with Crippen molar-refractivity contribution in [3.05, 3.63) is 0 Å². The van der Waals surface area contributed by atoms with Crippen LogP contribution in [0.3, 0.4) is 0 Å². The van der Waals surface area contributed by atoms with E-state index < -0.39 is 32.1 Å². The number of nitrogens with zero attached hydrogens (tertiary/aromatic N) is 1. The van der Waals surface area contributed by atoms with Crippen LogP contribution in [0.2, 0.25) is 0 Å². The third-order valence-electron chi connectivity index (χ3n) is 2.14. The summed E-state index contributed by atoms with van der Waals surface area (Å²) in [6, 6.07) is -0.902. The third kappa shape index (κ3) is 3.57. The van der Waals surface area contributed by atoms with E-state index in [1.54, 1.807) is 0 Å². The van der Waals surface area contributed by atoms with Crippen molar-refractivity contribution in [1.82, 2.24) is 4.90 Å².